The Kier molecular flexibility index (Phi) is 6.30. The number of aliphatic hydroxyl groups excluding tert-OH is 1. The van der Waals surface area contributed by atoms with E-state index in [9.17, 15) is 23.5 Å². The summed E-state index contributed by atoms with van der Waals surface area (Å²) in [7, 11) is 0. The molecule has 10 heteroatoms. The summed E-state index contributed by atoms with van der Waals surface area (Å²) in [4.78, 5) is 32.2. The van der Waals surface area contributed by atoms with Crippen LogP contribution in [-0.2, 0) is 11.4 Å². The molecule has 1 aliphatic heterocycles. The number of piperidine rings is 1. The molecule has 0 saturated carbocycles. The SMILES string of the molecule is CC(C(=O)Nc1ccc(Cl)cn1)N1CCC(F)(F)C(c2c[nH]c(=O)c(CO)c2)C1. The van der Waals surface area contributed by atoms with E-state index in [0.29, 0.717) is 10.8 Å². The molecule has 0 aromatic carbocycles. The summed E-state index contributed by atoms with van der Waals surface area (Å²) in [5.41, 5.74) is -0.277. The summed E-state index contributed by atoms with van der Waals surface area (Å²) >= 11 is 5.77. The van der Waals surface area contributed by atoms with Crippen LogP contribution in [0.1, 0.15) is 30.4 Å². The Morgan fingerprint density at radius 1 is 1.52 bits per heavy atom. The third kappa shape index (κ3) is 4.80. The molecule has 7 nitrogen and oxygen atoms in total. The summed E-state index contributed by atoms with van der Waals surface area (Å²) in [6.45, 7) is 1.06. The summed E-state index contributed by atoms with van der Waals surface area (Å²) in [6, 6.07) is 3.76. The van der Waals surface area contributed by atoms with Gasteiger partial charge < -0.3 is 15.4 Å². The van der Waals surface area contributed by atoms with Gasteiger partial charge in [-0.25, -0.2) is 13.8 Å². The first-order valence-corrected chi connectivity index (χ1v) is 9.45. The molecule has 29 heavy (non-hydrogen) atoms. The highest BCUT2D eigenvalue weighted by molar-refractivity contribution is 6.30. The van der Waals surface area contributed by atoms with Crippen molar-refractivity contribution in [1.29, 1.82) is 0 Å². The van der Waals surface area contributed by atoms with E-state index >= 15 is 0 Å². The highest BCUT2D eigenvalue weighted by Gasteiger charge is 2.46. The fraction of sp³-hybridized carbons (Fsp3) is 0.421. The van der Waals surface area contributed by atoms with E-state index < -0.39 is 36.5 Å². The first kappa shape index (κ1) is 21.4. The van der Waals surface area contributed by atoms with Crippen LogP contribution < -0.4 is 10.9 Å². The minimum atomic E-state index is -3.00. The van der Waals surface area contributed by atoms with E-state index in [4.69, 9.17) is 11.6 Å². The topological polar surface area (TPSA) is 98.3 Å². The van der Waals surface area contributed by atoms with Crippen molar-refractivity contribution in [3.8, 4) is 0 Å². The fourth-order valence-electron chi connectivity index (χ4n) is 3.34. The zero-order valence-corrected chi connectivity index (χ0v) is 16.4. The second kappa shape index (κ2) is 8.56. The molecule has 0 bridgehead atoms. The predicted molar refractivity (Wildman–Crippen MR) is 104 cm³/mol. The lowest BCUT2D eigenvalue weighted by atomic mass is 9.86. The van der Waals surface area contributed by atoms with E-state index in [2.05, 4.69) is 15.3 Å². The van der Waals surface area contributed by atoms with Crippen LogP contribution in [0.15, 0.2) is 35.4 Å². The van der Waals surface area contributed by atoms with Gasteiger partial charge in [0.05, 0.1) is 23.6 Å². The van der Waals surface area contributed by atoms with Gasteiger partial charge in [0, 0.05) is 37.5 Å². The molecule has 1 amide bonds. The Balaban J connectivity index is 1.76. The molecule has 0 aliphatic carbocycles. The van der Waals surface area contributed by atoms with Gasteiger partial charge in [-0.15, -0.1) is 0 Å². The molecule has 0 spiro atoms. The maximum atomic E-state index is 14.6. The predicted octanol–water partition coefficient (Wildman–Crippen LogP) is 2.37. The van der Waals surface area contributed by atoms with Gasteiger partial charge in [-0.1, -0.05) is 11.6 Å². The fourth-order valence-corrected chi connectivity index (χ4v) is 3.45. The molecule has 3 N–H and O–H groups in total. The molecule has 2 aromatic heterocycles. The van der Waals surface area contributed by atoms with Crippen molar-refractivity contribution in [3.63, 3.8) is 0 Å². The van der Waals surface area contributed by atoms with Gasteiger partial charge in [0.2, 0.25) is 5.91 Å². The highest BCUT2D eigenvalue weighted by Crippen LogP contribution is 2.40. The van der Waals surface area contributed by atoms with Gasteiger partial charge in [-0.3, -0.25) is 14.5 Å². The van der Waals surface area contributed by atoms with E-state index in [1.165, 1.54) is 18.5 Å². The van der Waals surface area contributed by atoms with E-state index in [-0.39, 0.29) is 30.1 Å². The molecular formula is C19H21ClF2N4O3. The lowest BCUT2D eigenvalue weighted by molar-refractivity contribution is -0.125. The van der Waals surface area contributed by atoms with Crippen molar-refractivity contribution in [2.45, 2.75) is 37.8 Å². The number of carbonyl (C=O) groups excluding carboxylic acids is 1. The van der Waals surface area contributed by atoms with Crippen LogP contribution in [0.25, 0.3) is 0 Å². The van der Waals surface area contributed by atoms with Crippen LogP contribution in [0.5, 0.6) is 0 Å². The first-order valence-electron chi connectivity index (χ1n) is 9.08. The minimum absolute atomic E-state index is 0.0232. The third-order valence-corrected chi connectivity index (χ3v) is 5.36. The molecular weight excluding hydrogens is 406 g/mol. The molecule has 3 rings (SSSR count). The minimum Gasteiger partial charge on any atom is -0.391 e. The van der Waals surface area contributed by atoms with E-state index in [0.717, 1.165) is 0 Å². The highest BCUT2D eigenvalue weighted by atomic mass is 35.5. The zero-order valence-electron chi connectivity index (χ0n) is 15.7. The van der Waals surface area contributed by atoms with E-state index in [1.54, 1.807) is 24.0 Å². The molecule has 2 atom stereocenters. The number of aromatic nitrogens is 2. The van der Waals surface area contributed by atoms with Crippen molar-refractivity contribution < 1.29 is 18.7 Å². The van der Waals surface area contributed by atoms with Crippen LogP contribution in [0, 0.1) is 0 Å². The molecule has 2 unspecified atom stereocenters. The Morgan fingerprint density at radius 2 is 2.28 bits per heavy atom. The van der Waals surface area contributed by atoms with Gasteiger partial charge in [0.1, 0.15) is 5.82 Å². The third-order valence-electron chi connectivity index (χ3n) is 5.14. The number of aliphatic hydroxyl groups is 1. The number of nitrogens with zero attached hydrogens (tertiary/aromatic N) is 2. The van der Waals surface area contributed by atoms with Crippen molar-refractivity contribution in [1.82, 2.24) is 14.9 Å². The quantitative estimate of drug-likeness (QED) is 0.681. The number of hydrogen-bond acceptors (Lipinski definition) is 5. The van der Waals surface area contributed by atoms with E-state index in [1.807, 2.05) is 0 Å². The van der Waals surface area contributed by atoms with Gasteiger partial charge in [-0.05, 0) is 30.7 Å². The number of nitrogens with one attached hydrogen (secondary N) is 2. The lowest BCUT2D eigenvalue weighted by Crippen LogP contribution is -2.52. The van der Waals surface area contributed by atoms with Crippen molar-refractivity contribution >= 4 is 23.3 Å². The van der Waals surface area contributed by atoms with Gasteiger partial charge in [0.25, 0.3) is 11.5 Å². The Bertz CT molecular complexity index is 936. The smallest absolute Gasteiger partial charge is 0.257 e. The number of H-pyrrole nitrogens is 1. The number of aromatic amines is 1. The number of alkyl halides is 2. The number of anilines is 1. The largest absolute Gasteiger partial charge is 0.391 e. The average molecular weight is 427 g/mol. The second-order valence-electron chi connectivity index (χ2n) is 7.03. The van der Waals surface area contributed by atoms with Crippen LogP contribution in [0.4, 0.5) is 14.6 Å². The summed E-state index contributed by atoms with van der Waals surface area (Å²) in [6.07, 6.45) is 2.21. The van der Waals surface area contributed by atoms with Crippen LogP contribution in [0.2, 0.25) is 5.02 Å². The molecule has 0 radical (unpaired) electrons. The van der Waals surface area contributed by atoms with Crippen LogP contribution in [0.3, 0.4) is 0 Å². The number of likely N-dealkylation sites (tertiary alicyclic amines) is 1. The maximum absolute atomic E-state index is 14.6. The van der Waals surface area contributed by atoms with Crippen LogP contribution in [-0.4, -0.2) is 50.9 Å². The Labute approximate surface area is 170 Å². The Hall–Kier alpha value is -2.36. The van der Waals surface area contributed by atoms with Gasteiger partial charge in [0.15, 0.2) is 0 Å². The van der Waals surface area contributed by atoms with Crippen molar-refractivity contribution in [2.75, 3.05) is 18.4 Å². The molecule has 156 valence electrons. The monoisotopic (exact) mass is 426 g/mol. The number of rotatable bonds is 5. The number of amides is 1. The molecule has 1 saturated heterocycles. The number of hydrogen-bond donors (Lipinski definition) is 3. The normalized spacial score (nSPS) is 20.2. The summed E-state index contributed by atoms with van der Waals surface area (Å²) in [5.74, 6) is -4.28. The Morgan fingerprint density at radius 3 is 2.93 bits per heavy atom. The summed E-state index contributed by atoms with van der Waals surface area (Å²) in [5, 5.41) is 12.3. The molecule has 3 heterocycles. The standard InChI is InChI=1S/C19H21ClF2N4O3/c1-11(17(28)25-16-3-2-14(20)8-23-16)26-5-4-19(21,22)15(9-26)12-6-13(10-27)18(29)24-7-12/h2-3,6-8,11,15,27H,4-5,9-10H2,1H3,(H,24,29)(H,23,25,28). The molecule has 1 aliphatic rings. The number of pyridine rings is 2. The van der Waals surface area contributed by atoms with Crippen LogP contribution >= 0.6 is 11.6 Å². The molecule has 2 aromatic rings. The zero-order chi connectivity index (χ0) is 21.2. The molecule has 1 fully saturated rings. The van der Waals surface area contributed by atoms with Crippen molar-refractivity contribution in [3.05, 3.63) is 57.1 Å². The summed E-state index contributed by atoms with van der Waals surface area (Å²) < 4.78 is 29.2. The number of halogens is 3. The maximum Gasteiger partial charge on any atom is 0.257 e. The van der Waals surface area contributed by atoms with Gasteiger partial charge >= 0.3 is 0 Å². The lowest BCUT2D eigenvalue weighted by Gasteiger charge is -2.40. The van der Waals surface area contributed by atoms with Gasteiger partial charge in [-0.2, -0.15) is 0 Å². The first-order chi connectivity index (χ1) is 13.7. The second-order valence-corrected chi connectivity index (χ2v) is 7.47. The number of carbonyl (C=O) groups is 1. The average Bonchev–Trinajstić information content (AvgIpc) is 2.69. The van der Waals surface area contributed by atoms with Crippen molar-refractivity contribution in [2.24, 2.45) is 0 Å².